The van der Waals surface area contributed by atoms with E-state index in [1.54, 1.807) is 49.4 Å². The maximum atomic E-state index is 12.0. The van der Waals surface area contributed by atoms with E-state index < -0.39 is 5.91 Å². The standard InChI is InChI=1S/C17H15Cl3N2O2/c1-10(12-7-6-11(18)8-15(12)20)22-16(23)9-21-17(24)13-4-2-3-5-14(13)19/h2-8,10H,9H2,1H3,(H,21,24)(H,22,23)/t10-/m1/s1. The molecule has 0 bridgehead atoms. The topological polar surface area (TPSA) is 58.2 Å². The first kappa shape index (κ1) is 18.6. The van der Waals surface area contributed by atoms with Crippen molar-refractivity contribution in [1.29, 1.82) is 0 Å². The van der Waals surface area contributed by atoms with Crippen molar-refractivity contribution in [2.75, 3.05) is 6.54 Å². The molecule has 2 N–H and O–H groups in total. The lowest BCUT2D eigenvalue weighted by atomic mass is 10.1. The fourth-order valence-electron chi connectivity index (χ4n) is 2.12. The van der Waals surface area contributed by atoms with Crippen molar-refractivity contribution in [2.45, 2.75) is 13.0 Å². The van der Waals surface area contributed by atoms with Crippen molar-refractivity contribution >= 4 is 46.6 Å². The van der Waals surface area contributed by atoms with Crippen molar-refractivity contribution in [3.63, 3.8) is 0 Å². The summed E-state index contributed by atoms with van der Waals surface area (Å²) in [6.45, 7) is 1.63. The summed E-state index contributed by atoms with van der Waals surface area (Å²) < 4.78 is 0. The minimum Gasteiger partial charge on any atom is -0.348 e. The highest BCUT2D eigenvalue weighted by Crippen LogP contribution is 2.25. The molecule has 7 heteroatoms. The summed E-state index contributed by atoms with van der Waals surface area (Å²) in [5.41, 5.74) is 1.06. The highest BCUT2D eigenvalue weighted by atomic mass is 35.5. The third kappa shape index (κ3) is 4.87. The monoisotopic (exact) mass is 384 g/mol. The van der Waals surface area contributed by atoms with Gasteiger partial charge in [-0.15, -0.1) is 0 Å². The van der Waals surface area contributed by atoms with Crippen molar-refractivity contribution in [3.8, 4) is 0 Å². The quantitative estimate of drug-likeness (QED) is 0.808. The second-order valence-electron chi connectivity index (χ2n) is 5.12. The molecule has 0 heterocycles. The lowest BCUT2D eigenvalue weighted by molar-refractivity contribution is -0.120. The summed E-state index contributed by atoms with van der Waals surface area (Å²) in [7, 11) is 0. The summed E-state index contributed by atoms with van der Waals surface area (Å²) >= 11 is 17.9. The lowest BCUT2D eigenvalue weighted by Gasteiger charge is -2.16. The molecule has 0 saturated heterocycles. The van der Waals surface area contributed by atoms with Crippen LogP contribution in [0.5, 0.6) is 0 Å². The lowest BCUT2D eigenvalue weighted by Crippen LogP contribution is -2.38. The summed E-state index contributed by atoms with van der Waals surface area (Å²) in [5.74, 6) is -0.748. The van der Waals surface area contributed by atoms with E-state index in [1.165, 1.54) is 0 Å². The van der Waals surface area contributed by atoms with E-state index in [9.17, 15) is 9.59 Å². The molecule has 0 unspecified atom stereocenters. The predicted molar refractivity (Wildman–Crippen MR) is 96.8 cm³/mol. The van der Waals surface area contributed by atoms with Gasteiger partial charge in [-0.2, -0.15) is 0 Å². The van der Waals surface area contributed by atoms with E-state index in [4.69, 9.17) is 34.8 Å². The van der Waals surface area contributed by atoms with Crippen LogP contribution in [-0.4, -0.2) is 18.4 Å². The minimum atomic E-state index is -0.409. The smallest absolute Gasteiger partial charge is 0.253 e. The summed E-state index contributed by atoms with van der Waals surface area (Å²) in [6.07, 6.45) is 0. The van der Waals surface area contributed by atoms with Gasteiger partial charge in [0.05, 0.1) is 23.2 Å². The van der Waals surface area contributed by atoms with E-state index in [0.29, 0.717) is 20.6 Å². The van der Waals surface area contributed by atoms with Gasteiger partial charge in [0.1, 0.15) is 0 Å². The first-order chi connectivity index (χ1) is 11.4. The Morgan fingerprint density at radius 3 is 2.42 bits per heavy atom. The number of benzene rings is 2. The molecule has 0 spiro atoms. The molecule has 0 aliphatic rings. The van der Waals surface area contributed by atoms with E-state index in [0.717, 1.165) is 5.56 Å². The van der Waals surface area contributed by atoms with Gasteiger partial charge in [-0.05, 0) is 36.8 Å². The zero-order chi connectivity index (χ0) is 17.7. The summed E-state index contributed by atoms with van der Waals surface area (Å²) in [5, 5.41) is 6.62. The molecule has 126 valence electrons. The fraction of sp³-hybridized carbons (Fsp3) is 0.176. The van der Waals surface area contributed by atoms with Gasteiger partial charge < -0.3 is 10.6 Å². The van der Waals surface area contributed by atoms with E-state index in [1.807, 2.05) is 0 Å². The normalized spacial score (nSPS) is 11.7. The van der Waals surface area contributed by atoms with Crippen molar-refractivity contribution in [1.82, 2.24) is 10.6 Å². The van der Waals surface area contributed by atoms with Gasteiger partial charge in [0, 0.05) is 10.0 Å². The fourth-order valence-corrected chi connectivity index (χ4v) is 2.92. The molecule has 2 aromatic rings. The maximum absolute atomic E-state index is 12.0. The molecule has 0 fully saturated rings. The SMILES string of the molecule is C[C@@H](NC(=O)CNC(=O)c1ccccc1Cl)c1ccc(Cl)cc1Cl. The molecule has 2 rings (SSSR count). The molecule has 0 aliphatic carbocycles. The molecule has 2 amide bonds. The van der Waals surface area contributed by atoms with Crippen LogP contribution in [-0.2, 0) is 4.79 Å². The third-order valence-electron chi connectivity index (χ3n) is 3.33. The molecular formula is C17H15Cl3N2O2. The Morgan fingerprint density at radius 2 is 1.75 bits per heavy atom. The van der Waals surface area contributed by atoms with Crippen LogP contribution in [0.4, 0.5) is 0 Å². The largest absolute Gasteiger partial charge is 0.348 e. The Balaban J connectivity index is 1.91. The number of nitrogens with one attached hydrogen (secondary N) is 2. The summed E-state index contributed by atoms with van der Waals surface area (Å²) in [4.78, 5) is 24.0. The van der Waals surface area contributed by atoms with Crippen LogP contribution < -0.4 is 10.6 Å². The zero-order valence-corrected chi connectivity index (χ0v) is 15.0. The number of hydrogen-bond donors (Lipinski definition) is 2. The van der Waals surface area contributed by atoms with Crippen LogP contribution in [0.2, 0.25) is 15.1 Å². The molecule has 1 atom stereocenters. The Kier molecular flexibility index (Phi) is 6.49. The van der Waals surface area contributed by atoms with Crippen LogP contribution in [0, 0.1) is 0 Å². The van der Waals surface area contributed by atoms with Crippen molar-refractivity contribution in [2.24, 2.45) is 0 Å². The number of carbonyl (C=O) groups excluding carboxylic acids is 2. The van der Waals surface area contributed by atoms with E-state index in [-0.39, 0.29) is 18.5 Å². The molecule has 0 aromatic heterocycles. The average Bonchev–Trinajstić information content (AvgIpc) is 2.52. The van der Waals surface area contributed by atoms with Crippen LogP contribution in [0.1, 0.15) is 28.9 Å². The van der Waals surface area contributed by atoms with Crippen LogP contribution >= 0.6 is 34.8 Å². The molecule has 4 nitrogen and oxygen atoms in total. The summed E-state index contributed by atoms with van der Waals surface area (Å²) in [6, 6.07) is 11.4. The Labute approximate surface area is 155 Å². The molecular weight excluding hydrogens is 371 g/mol. The molecule has 0 saturated carbocycles. The number of rotatable bonds is 5. The minimum absolute atomic E-state index is 0.167. The van der Waals surface area contributed by atoms with Gasteiger partial charge in [-0.3, -0.25) is 9.59 Å². The van der Waals surface area contributed by atoms with Gasteiger partial charge in [0.25, 0.3) is 5.91 Å². The van der Waals surface area contributed by atoms with Gasteiger partial charge in [-0.25, -0.2) is 0 Å². The first-order valence-corrected chi connectivity index (χ1v) is 8.29. The Morgan fingerprint density at radius 1 is 1.04 bits per heavy atom. The number of hydrogen-bond acceptors (Lipinski definition) is 2. The van der Waals surface area contributed by atoms with Gasteiger partial charge >= 0.3 is 0 Å². The van der Waals surface area contributed by atoms with Crippen molar-refractivity contribution in [3.05, 3.63) is 68.7 Å². The first-order valence-electron chi connectivity index (χ1n) is 7.15. The highest BCUT2D eigenvalue weighted by molar-refractivity contribution is 6.35. The zero-order valence-electron chi connectivity index (χ0n) is 12.8. The van der Waals surface area contributed by atoms with Gasteiger partial charge in [0.2, 0.25) is 5.91 Å². The number of amides is 2. The van der Waals surface area contributed by atoms with E-state index in [2.05, 4.69) is 10.6 Å². The molecule has 0 aliphatic heterocycles. The third-order valence-corrected chi connectivity index (χ3v) is 4.23. The number of carbonyl (C=O) groups is 2. The van der Waals surface area contributed by atoms with Crippen molar-refractivity contribution < 1.29 is 9.59 Å². The molecule has 0 radical (unpaired) electrons. The van der Waals surface area contributed by atoms with Crippen LogP contribution in [0.15, 0.2) is 42.5 Å². The second kappa shape index (κ2) is 8.38. The number of halogens is 3. The van der Waals surface area contributed by atoms with Gasteiger partial charge in [-0.1, -0.05) is 53.0 Å². The highest BCUT2D eigenvalue weighted by Gasteiger charge is 2.15. The van der Waals surface area contributed by atoms with E-state index >= 15 is 0 Å². The Hall–Kier alpha value is -1.75. The second-order valence-corrected chi connectivity index (χ2v) is 6.37. The van der Waals surface area contributed by atoms with Crippen LogP contribution in [0.3, 0.4) is 0 Å². The maximum Gasteiger partial charge on any atom is 0.253 e. The average molecular weight is 386 g/mol. The Bertz CT molecular complexity index is 765. The molecule has 24 heavy (non-hydrogen) atoms. The van der Waals surface area contributed by atoms with Gasteiger partial charge in [0.15, 0.2) is 0 Å². The predicted octanol–water partition coefficient (Wildman–Crippen LogP) is 4.25. The van der Waals surface area contributed by atoms with Crippen LogP contribution in [0.25, 0.3) is 0 Å². The molecule has 2 aromatic carbocycles.